The standard InChI is InChI=1S/C2H6N3O4P/c1-2(4-5-3)9-10(6,7)8/h2H,1H3,(H2,6,7,8). The van der Waals surface area contributed by atoms with Crippen molar-refractivity contribution in [1.29, 1.82) is 0 Å². The average Bonchev–Trinajstić information content (AvgIpc) is 1.59. The molecule has 0 aliphatic carbocycles. The second-order valence-corrected chi connectivity index (χ2v) is 2.59. The van der Waals surface area contributed by atoms with Crippen molar-refractivity contribution < 1.29 is 18.9 Å². The molecule has 0 aliphatic rings. The van der Waals surface area contributed by atoms with E-state index in [1.54, 1.807) is 0 Å². The second kappa shape index (κ2) is 3.55. The van der Waals surface area contributed by atoms with Crippen LogP contribution in [0.15, 0.2) is 5.11 Å². The van der Waals surface area contributed by atoms with Crippen LogP contribution in [0.4, 0.5) is 0 Å². The lowest BCUT2D eigenvalue weighted by atomic mass is 10.7. The number of nitrogens with zero attached hydrogens (tertiary/aromatic N) is 3. The molecule has 0 saturated heterocycles. The maximum absolute atomic E-state index is 10.0. The minimum absolute atomic E-state index is 1.15. The van der Waals surface area contributed by atoms with E-state index in [9.17, 15) is 4.57 Å². The molecule has 0 saturated carbocycles. The van der Waals surface area contributed by atoms with Crippen LogP contribution >= 0.6 is 7.82 Å². The highest BCUT2D eigenvalue weighted by molar-refractivity contribution is 7.46. The Bertz CT molecular complexity index is 193. The summed E-state index contributed by atoms with van der Waals surface area (Å²) in [5.74, 6) is 0. The Morgan fingerprint density at radius 3 is 2.60 bits per heavy atom. The number of hydrogen-bond donors (Lipinski definition) is 2. The average molecular weight is 167 g/mol. The first-order valence-corrected chi connectivity index (χ1v) is 3.77. The largest absolute Gasteiger partial charge is 0.469 e. The highest BCUT2D eigenvalue weighted by Gasteiger charge is 2.17. The molecule has 0 aromatic rings. The molecule has 7 nitrogen and oxygen atoms in total. The Morgan fingerprint density at radius 1 is 1.80 bits per heavy atom. The molecule has 0 aromatic carbocycles. The Morgan fingerprint density at radius 2 is 2.30 bits per heavy atom. The summed E-state index contributed by atoms with van der Waals surface area (Å²) in [5.41, 5.74) is 7.76. The van der Waals surface area contributed by atoms with E-state index in [-0.39, 0.29) is 0 Å². The zero-order valence-corrected chi connectivity index (χ0v) is 5.97. The predicted octanol–water partition coefficient (Wildman–Crippen LogP) is 0.752. The first kappa shape index (κ1) is 9.42. The lowest BCUT2D eigenvalue weighted by Gasteiger charge is -2.06. The van der Waals surface area contributed by atoms with Gasteiger partial charge in [-0.05, 0) is 12.5 Å². The molecule has 2 N–H and O–H groups in total. The van der Waals surface area contributed by atoms with Gasteiger partial charge in [0.1, 0.15) is 6.23 Å². The van der Waals surface area contributed by atoms with E-state index < -0.39 is 14.1 Å². The highest BCUT2D eigenvalue weighted by atomic mass is 31.2. The van der Waals surface area contributed by atoms with Gasteiger partial charge < -0.3 is 9.79 Å². The molecule has 0 aromatic heterocycles. The molecule has 1 atom stereocenters. The van der Waals surface area contributed by atoms with Gasteiger partial charge in [-0.15, -0.1) is 0 Å². The van der Waals surface area contributed by atoms with Crippen molar-refractivity contribution in [2.24, 2.45) is 5.11 Å². The number of hydrogen-bond acceptors (Lipinski definition) is 3. The maximum Gasteiger partial charge on any atom is 0.469 e. The van der Waals surface area contributed by atoms with Crippen LogP contribution in [0.2, 0.25) is 0 Å². The molecule has 8 heteroatoms. The van der Waals surface area contributed by atoms with Crippen LogP contribution in [-0.2, 0) is 9.09 Å². The number of phosphoric ester groups is 1. The summed E-state index contributed by atoms with van der Waals surface area (Å²) < 4.78 is 13.9. The van der Waals surface area contributed by atoms with Crippen molar-refractivity contribution in [2.75, 3.05) is 0 Å². The van der Waals surface area contributed by atoms with Crippen LogP contribution in [0.5, 0.6) is 0 Å². The van der Waals surface area contributed by atoms with Crippen molar-refractivity contribution in [3.63, 3.8) is 0 Å². The van der Waals surface area contributed by atoms with Crippen LogP contribution in [0.3, 0.4) is 0 Å². The molecule has 0 spiro atoms. The SMILES string of the molecule is CC(N=[N+]=[N-])OP(=O)(O)O. The Hall–Kier alpha value is -0.580. The molecule has 0 rings (SSSR count). The molecular formula is C2H6N3O4P. The number of phosphoric acid groups is 1. The Labute approximate surface area is 56.5 Å². The summed E-state index contributed by atoms with van der Waals surface area (Å²) in [5, 5.41) is 2.88. The molecule has 0 radical (unpaired) electrons. The molecule has 58 valence electrons. The van der Waals surface area contributed by atoms with Crippen LogP contribution in [0, 0.1) is 0 Å². The van der Waals surface area contributed by atoms with Crippen molar-refractivity contribution >= 4 is 7.82 Å². The Kier molecular flexibility index (Phi) is 3.35. The molecule has 0 bridgehead atoms. The smallest absolute Gasteiger partial charge is 0.303 e. The summed E-state index contributed by atoms with van der Waals surface area (Å²) in [6, 6.07) is 0. The minimum atomic E-state index is -4.52. The fraction of sp³-hybridized carbons (Fsp3) is 1.00. The van der Waals surface area contributed by atoms with Gasteiger partial charge in [-0.3, -0.25) is 4.52 Å². The number of azide groups is 1. The van der Waals surface area contributed by atoms with Crippen molar-refractivity contribution in [3.8, 4) is 0 Å². The fourth-order valence-corrected chi connectivity index (χ4v) is 0.732. The third kappa shape index (κ3) is 5.55. The first-order chi connectivity index (χ1) is 4.45. The predicted molar refractivity (Wildman–Crippen MR) is 31.7 cm³/mol. The van der Waals surface area contributed by atoms with Gasteiger partial charge >= 0.3 is 7.82 Å². The summed E-state index contributed by atoms with van der Waals surface area (Å²) in [7, 11) is -4.52. The molecule has 0 amide bonds. The Balaban J connectivity index is 3.92. The summed E-state index contributed by atoms with van der Waals surface area (Å²) in [4.78, 5) is 18.5. The summed E-state index contributed by atoms with van der Waals surface area (Å²) >= 11 is 0. The van der Waals surface area contributed by atoms with Gasteiger partial charge in [0.15, 0.2) is 0 Å². The highest BCUT2D eigenvalue weighted by Crippen LogP contribution is 2.37. The van der Waals surface area contributed by atoms with E-state index in [0.717, 1.165) is 0 Å². The van der Waals surface area contributed by atoms with Crippen LogP contribution < -0.4 is 0 Å². The number of rotatable bonds is 3. The molecular weight excluding hydrogens is 161 g/mol. The van der Waals surface area contributed by atoms with E-state index in [0.29, 0.717) is 0 Å². The quantitative estimate of drug-likeness (QED) is 0.279. The lowest BCUT2D eigenvalue weighted by Crippen LogP contribution is -2.00. The molecule has 10 heavy (non-hydrogen) atoms. The van der Waals surface area contributed by atoms with E-state index in [1.165, 1.54) is 6.92 Å². The van der Waals surface area contributed by atoms with Gasteiger partial charge in [0.25, 0.3) is 0 Å². The van der Waals surface area contributed by atoms with Gasteiger partial charge in [0.2, 0.25) is 0 Å². The minimum Gasteiger partial charge on any atom is -0.303 e. The maximum atomic E-state index is 10.0. The molecule has 0 fully saturated rings. The van der Waals surface area contributed by atoms with Gasteiger partial charge in [0.05, 0.1) is 0 Å². The van der Waals surface area contributed by atoms with E-state index in [2.05, 4.69) is 14.5 Å². The summed E-state index contributed by atoms with van der Waals surface area (Å²) in [6.07, 6.45) is -1.15. The lowest BCUT2D eigenvalue weighted by molar-refractivity contribution is 0.149. The van der Waals surface area contributed by atoms with E-state index in [4.69, 9.17) is 15.3 Å². The van der Waals surface area contributed by atoms with Crippen LogP contribution in [0.1, 0.15) is 6.92 Å². The third-order valence-electron chi connectivity index (χ3n) is 0.504. The van der Waals surface area contributed by atoms with Crippen molar-refractivity contribution in [1.82, 2.24) is 0 Å². The molecule has 1 unspecified atom stereocenters. The summed E-state index contributed by atoms with van der Waals surface area (Å²) in [6.45, 7) is 1.22. The van der Waals surface area contributed by atoms with E-state index in [1.807, 2.05) is 0 Å². The topological polar surface area (TPSA) is 116 Å². The zero-order chi connectivity index (χ0) is 8.20. The van der Waals surface area contributed by atoms with Crippen molar-refractivity contribution in [3.05, 3.63) is 10.4 Å². The fourth-order valence-electron chi connectivity index (χ4n) is 0.293. The van der Waals surface area contributed by atoms with E-state index >= 15 is 0 Å². The zero-order valence-electron chi connectivity index (χ0n) is 5.08. The van der Waals surface area contributed by atoms with Gasteiger partial charge in [-0.25, -0.2) is 4.57 Å². The third-order valence-corrected chi connectivity index (χ3v) is 1.08. The first-order valence-electron chi connectivity index (χ1n) is 2.24. The normalized spacial score (nSPS) is 13.9. The van der Waals surface area contributed by atoms with Gasteiger partial charge in [-0.1, -0.05) is 5.11 Å². The van der Waals surface area contributed by atoms with Crippen molar-refractivity contribution in [2.45, 2.75) is 13.2 Å². The van der Waals surface area contributed by atoms with Crippen LogP contribution in [0.25, 0.3) is 10.4 Å². The van der Waals surface area contributed by atoms with Gasteiger partial charge in [-0.2, -0.15) is 0 Å². The van der Waals surface area contributed by atoms with Gasteiger partial charge in [0, 0.05) is 4.91 Å². The molecule has 0 heterocycles. The van der Waals surface area contributed by atoms with Crippen LogP contribution in [-0.4, -0.2) is 16.0 Å². The molecule has 0 aliphatic heterocycles. The monoisotopic (exact) mass is 167 g/mol. The second-order valence-electron chi connectivity index (χ2n) is 1.40.